The van der Waals surface area contributed by atoms with Gasteiger partial charge in [0.15, 0.2) is 17.4 Å². The van der Waals surface area contributed by atoms with Crippen LogP contribution in [-0.4, -0.2) is 50.3 Å². The molecule has 2 atom stereocenters. The molecule has 2 unspecified atom stereocenters. The zero-order chi connectivity index (χ0) is 33.3. The van der Waals surface area contributed by atoms with Crippen LogP contribution >= 0.6 is 0 Å². The number of carbonyl (C=O) groups excluding carboxylic acids is 2. The molecule has 44 heavy (non-hydrogen) atoms. The molecule has 0 radical (unpaired) electrons. The smallest absolute Gasteiger partial charge is 0.310 e. The zero-order valence-corrected chi connectivity index (χ0v) is 34.1. The summed E-state index contributed by atoms with van der Waals surface area (Å²) in [5.74, 6) is 0.0646. The van der Waals surface area contributed by atoms with E-state index in [1.54, 1.807) is 0 Å². The Balaban J connectivity index is 4.05. The van der Waals surface area contributed by atoms with Gasteiger partial charge in [0, 0.05) is 13.0 Å². The topological polar surface area (TPSA) is 76.7 Å². The van der Waals surface area contributed by atoms with Crippen molar-refractivity contribution in [2.45, 2.75) is 201 Å². The van der Waals surface area contributed by atoms with Crippen molar-refractivity contribution in [2.75, 3.05) is 6.54 Å². The predicted octanol–water partition coefficient (Wildman–Crippen LogP) is 9.99. The van der Waals surface area contributed by atoms with Crippen LogP contribution in [0.1, 0.15) is 149 Å². The van der Waals surface area contributed by atoms with Crippen molar-refractivity contribution in [3.63, 3.8) is 0 Å². The molecule has 2 amide bonds. The molecule has 0 aromatic heterocycles. The Labute approximate surface area is 278 Å². The molecule has 262 valence electrons. The van der Waals surface area contributed by atoms with Gasteiger partial charge in [-0.3, -0.25) is 9.59 Å². The van der Waals surface area contributed by atoms with Crippen LogP contribution in [-0.2, 0) is 17.8 Å². The molecule has 0 aliphatic heterocycles. The lowest BCUT2D eigenvalue weighted by atomic mass is 9.98. The predicted molar refractivity (Wildman–Crippen MR) is 199 cm³/mol. The lowest BCUT2D eigenvalue weighted by Gasteiger charge is -2.34. The molecule has 0 bridgehead atoms. The minimum Gasteiger partial charge on any atom is -0.440 e. The first-order chi connectivity index (χ1) is 20.8. The van der Waals surface area contributed by atoms with Crippen LogP contribution in [0.2, 0.25) is 45.3 Å². The number of carbonyl (C=O) groups is 2. The van der Waals surface area contributed by atoms with Gasteiger partial charge >= 0.3 is 8.56 Å². The van der Waals surface area contributed by atoms with Gasteiger partial charge in [0.2, 0.25) is 11.8 Å². The van der Waals surface area contributed by atoms with Gasteiger partial charge in [0.05, 0.1) is 0 Å². The van der Waals surface area contributed by atoms with Crippen LogP contribution in [0.4, 0.5) is 0 Å². The third kappa shape index (κ3) is 25.7. The molecule has 0 aromatic rings. The van der Waals surface area contributed by atoms with E-state index in [2.05, 4.69) is 70.7 Å². The van der Waals surface area contributed by atoms with Gasteiger partial charge in [-0.15, -0.1) is 0 Å². The van der Waals surface area contributed by atoms with Crippen molar-refractivity contribution >= 4 is 37.7 Å². The first kappa shape index (κ1) is 43.5. The van der Waals surface area contributed by atoms with Gasteiger partial charge in [0.1, 0.15) is 6.04 Å². The Morgan fingerprint density at radius 3 is 1.64 bits per heavy atom. The summed E-state index contributed by atoms with van der Waals surface area (Å²) in [6.07, 6.45) is 24.6. The number of hydrogen-bond acceptors (Lipinski definition) is 4. The molecular formula is C35H76N2O4Si3. The van der Waals surface area contributed by atoms with Gasteiger partial charge in [-0.2, -0.15) is 0 Å². The second-order valence-corrected chi connectivity index (χ2v) is 25.3. The summed E-state index contributed by atoms with van der Waals surface area (Å²) in [5, 5.41) is 6.16. The maximum atomic E-state index is 13.0. The van der Waals surface area contributed by atoms with Crippen LogP contribution < -0.4 is 10.6 Å². The highest BCUT2D eigenvalue weighted by atomic mass is 28.5. The highest BCUT2D eigenvalue weighted by Crippen LogP contribution is 2.23. The number of hydrogen-bond donors (Lipinski definition) is 2. The van der Waals surface area contributed by atoms with E-state index in [0.29, 0.717) is 13.0 Å². The SMILES string of the molecule is CCCCCCCCCCCCCCCCCCNC(=O)C(NC(=O)CCCC[Si](C)(C)O[Si](C)(C)O[SiH](C)C)C(C)CC. The Kier molecular flexibility index (Phi) is 26.3. The van der Waals surface area contributed by atoms with E-state index in [1.165, 1.54) is 89.9 Å². The quantitative estimate of drug-likeness (QED) is 0.0588. The van der Waals surface area contributed by atoms with E-state index in [-0.39, 0.29) is 17.7 Å². The maximum absolute atomic E-state index is 13.0. The second kappa shape index (κ2) is 26.6. The lowest BCUT2D eigenvalue weighted by molar-refractivity contribution is -0.130. The van der Waals surface area contributed by atoms with Gasteiger partial charge in [-0.1, -0.05) is 130 Å². The number of nitrogens with one attached hydrogen (secondary N) is 2. The molecule has 6 nitrogen and oxygen atoms in total. The average molecular weight is 673 g/mol. The fourth-order valence-corrected chi connectivity index (χ4v) is 18.1. The van der Waals surface area contributed by atoms with Crippen molar-refractivity contribution in [3.05, 3.63) is 0 Å². The minimum absolute atomic E-state index is 0.0166. The van der Waals surface area contributed by atoms with Crippen molar-refractivity contribution in [1.29, 1.82) is 0 Å². The van der Waals surface area contributed by atoms with Crippen molar-refractivity contribution in [3.8, 4) is 0 Å². The van der Waals surface area contributed by atoms with Crippen LogP contribution in [0.15, 0.2) is 0 Å². The van der Waals surface area contributed by atoms with E-state index in [1.807, 2.05) is 0 Å². The first-order valence-corrected chi connectivity index (χ1v) is 27.5. The van der Waals surface area contributed by atoms with E-state index in [4.69, 9.17) is 8.23 Å². The largest absolute Gasteiger partial charge is 0.440 e. The van der Waals surface area contributed by atoms with E-state index < -0.39 is 32.0 Å². The Hall–Kier alpha value is -0.489. The number of amides is 2. The van der Waals surface area contributed by atoms with E-state index in [0.717, 1.165) is 38.1 Å². The third-order valence-electron chi connectivity index (χ3n) is 8.62. The van der Waals surface area contributed by atoms with Crippen LogP contribution in [0, 0.1) is 5.92 Å². The van der Waals surface area contributed by atoms with Crippen LogP contribution in [0.25, 0.3) is 0 Å². The summed E-state index contributed by atoms with van der Waals surface area (Å²) >= 11 is 0. The summed E-state index contributed by atoms with van der Waals surface area (Å²) < 4.78 is 12.7. The van der Waals surface area contributed by atoms with Crippen molar-refractivity contribution in [2.24, 2.45) is 5.92 Å². The van der Waals surface area contributed by atoms with Gasteiger partial charge < -0.3 is 18.9 Å². The number of rotatable bonds is 30. The summed E-state index contributed by atoms with van der Waals surface area (Å²) in [5.41, 5.74) is 0. The minimum atomic E-state index is -2.07. The molecule has 2 N–H and O–H groups in total. The highest BCUT2D eigenvalue weighted by Gasteiger charge is 2.35. The fraction of sp³-hybridized carbons (Fsp3) is 0.943. The zero-order valence-electron chi connectivity index (χ0n) is 30.9. The molecule has 9 heteroatoms. The number of unbranched alkanes of at least 4 members (excludes halogenated alkanes) is 16. The van der Waals surface area contributed by atoms with E-state index in [9.17, 15) is 9.59 Å². The highest BCUT2D eigenvalue weighted by molar-refractivity contribution is 6.84. The first-order valence-electron chi connectivity index (χ1n) is 18.8. The van der Waals surface area contributed by atoms with Crippen molar-refractivity contribution < 1.29 is 17.8 Å². The molecule has 0 aliphatic carbocycles. The van der Waals surface area contributed by atoms with Gasteiger partial charge in [-0.25, -0.2) is 0 Å². The van der Waals surface area contributed by atoms with E-state index >= 15 is 0 Å². The standard InChI is InChI=1S/C35H76N2O4Si3/c1-10-12-13-14-15-16-17-18-19-20-21-22-23-24-25-27-30-36-35(39)34(32(3)11-2)37-33(38)29-26-28-31-43(6,7)41-44(8,9)40-42(4)5/h32,34,42H,10-31H2,1-9H3,(H,36,39)(H,37,38). The average Bonchev–Trinajstić information content (AvgIpc) is 2.93. The molecule has 0 spiro atoms. The summed E-state index contributed by atoms with van der Waals surface area (Å²) in [7, 11) is -5.02. The molecular weight excluding hydrogens is 597 g/mol. The molecule has 0 saturated heterocycles. The normalized spacial score (nSPS) is 13.7. The van der Waals surface area contributed by atoms with Crippen LogP contribution in [0.3, 0.4) is 0 Å². The molecule has 0 fully saturated rings. The summed E-state index contributed by atoms with van der Waals surface area (Å²) in [6.45, 7) is 20.3. The Morgan fingerprint density at radius 2 is 1.18 bits per heavy atom. The molecule has 0 heterocycles. The Bertz CT molecular complexity index is 722. The molecule has 0 aliphatic rings. The third-order valence-corrected chi connectivity index (χ3v) is 18.5. The maximum Gasteiger partial charge on any atom is 0.310 e. The molecule has 0 rings (SSSR count). The molecule has 0 saturated carbocycles. The summed E-state index contributed by atoms with van der Waals surface area (Å²) in [4.78, 5) is 25.7. The summed E-state index contributed by atoms with van der Waals surface area (Å²) in [6, 6.07) is 0.570. The van der Waals surface area contributed by atoms with Crippen molar-refractivity contribution in [1.82, 2.24) is 10.6 Å². The second-order valence-electron chi connectivity index (χ2n) is 14.7. The van der Waals surface area contributed by atoms with Gasteiger partial charge in [0.25, 0.3) is 0 Å². The molecule has 0 aromatic carbocycles. The lowest BCUT2D eigenvalue weighted by Crippen LogP contribution is -2.50. The Morgan fingerprint density at radius 1 is 0.705 bits per heavy atom. The van der Waals surface area contributed by atoms with Crippen LogP contribution in [0.5, 0.6) is 0 Å². The van der Waals surface area contributed by atoms with Gasteiger partial charge in [-0.05, 0) is 64.1 Å². The monoisotopic (exact) mass is 673 g/mol. The fourth-order valence-electron chi connectivity index (χ4n) is 6.09.